The van der Waals surface area contributed by atoms with E-state index >= 15 is 0 Å². The molecule has 1 aliphatic heterocycles. The summed E-state index contributed by atoms with van der Waals surface area (Å²) in [6, 6.07) is 5.10. The lowest BCUT2D eigenvalue weighted by Gasteiger charge is -2.12. The number of nitrogen functional groups attached to an aromatic ring is 1. The van der Waals surface area contributed by atoms with Gasteiger partial charge in [0.15, 0.2) is 22.1 Å². The number of nitrogens with zero attached hydrogens (tertiary/aromatic N) is 4. The van der Waals surface area contributed by atoms with Gasteiger partial charge in [-0.1, -0.05) is 25.6 Å². The third-order valence-electron chi connectivity index (χ3n) is 4.58. The molecule has 3 N–H and O–H groups in total. The van der Waals surface area contributed by atoms with E-state index in [2.05, 4.69) is 68.4 Å². The molecular weight excluding hydrogens is 503 g/mol. The zero-order chi connectivity index (χ0) is 19.7. The van der Waals surface area contributed by atoms with Crippen LogP contribution < -0.4 is 11.1 Å². The fourth-order valence-corrected chi connectivity index (χ4v) is 6.27. The topological polar surface area (TPSA) is 81.7 Å². The van der Waals surface area contributed by atoms with Crippen LogP contribution in [0.5, 0.6) is 0 Å². The lowest BCUT2D eigenvalue weighted by molar-refractivity contribution is 0.525. The van der Waals surface area contributed by atoms with E-state index in [1.54, 1.807) is 11.8 Å². The highest BCUT2D eigenvalue weighted by Gasteiger charge is 2.19. The maximum Gasteiger partial charge on any atom is 0.175 e. The Morgan fingerprint density at radius 2 is 2.21 bits per heavy atom. The van der Waals surface area contributed by atoms with Crippen LogP contribution in [0.4, 0.5) is 5.82 Å². The molecule has 148 valence electrons. The summed E-state index contributed by atoms with van der Waals surface area (Å²) < 4.78 is 3.44. The van der Waals surface area contributed by atoms with Gasteiger partial charge in [-0.25, -0.2) is 15.0 Å². The zero-order valence-corrected chi connectivity index (χ0v) is 19.7. The molecule has 6 nitrogen and oxygen atoms in total. The van der Waals surface area contributed by atoms with Gasteiger partial charge in [0, 0.05) is 31.7 Å². The molecule has 9 heteroatoms. The van der Waals surface area contributed by atoms with Crippen LogP contribution in [0.2, 0.25) is 0 Å². The van der Waals surface area contributed by atoms with Crippen LogP contribution in [0.25, 0.3) is 11.2 Å². The molecule has 3 aromatic rings. The number of rotatable bonds is 7. The van der Waals surface area contributed by atoms with E-state index in [9.17, 15) is 0 Å². The van der Waals surface area contributed by atoms with Crippen LogP contribution in [0.15, 0.2) is 33.4 Å². The van der Waals surface area contributed by atoms with E-state index in [1.165, 1.54) is 31.0 Å². The Morgan fingerprint density at radius 3 is 3.04 bits per heavy atom. The van der Waals surface area contributed by atoms with Crippen molar-refractivity contribution in [2.45, 2.75) is 54.2 Å². The van der Waals surface area contributed by atoms with Crippen LogP contribution in [0.3, 0.4) is 0 Å². The first-order chi connectivity index (χ1) is 13.5. The molecule has 0 fully saturated rings. The minimum absolute atomic E-state index is 0.436. The highest BCUT2D eigenvalue weighted by molar-refractivity contribution is 14.1. The number of hydrogen-bond acceptors (Lipinski definition) is 7. The van der Waals surface area contributed by atoms with Crippen LogP contribution in [0, 0.1) is 3.57 Å². The van der Waals surface area contributed by atoms with E-state index in [1.807, 2.05) is 11.8 Å². The normalized spacial score (nSPS) is 13.6. The predicted octanol–water partition coefficient (Wildman–Crippen LogP) is 4.20. The highest BCUT2D eigenvalue weighted by atomic mass is 127. The Labute approximate surface area is 187 Å². The lowest BCUT2D eigenvalue weighted by atomic mass is 10.2. The summed E-state index contributed by atoms with van der Waals surface area (Å²) in [6.07, 6.45) is 3.66. The number of aryl methyl sites for hydroxylation is 2. The minimum atomic E-state index is 0.436. The highest BCUT2D eigenvalue weighted by Crippen LogP contribution is 2.39. The number of nitrogens with one attached hydrogen (secondary N) is 1. The number of imidazole rings is 1. The summed E-state index contributed by atoms with van der Waals surface area (Å²) in [6.45, 7) is 6.12. The number of fused-ring (bicyclic) bond motifs is 2. The maximum atomic E-state index is 6.08. The molecule has 4 rings (SSSR count). The van der Waals surface area contributed by atoms with Gasteiger partial charge in [0.2, 0.25) is 0 Å². The molecule has 1 aromatic carbocycles. The summed E-state index contributed by atoms with van der Waals surface area (Å²) in [5.41, 5.74) is 9.02. The summed E-state index contributed by atoms with van der Waals surface area (Å²) in [4.78, 5) is 16.0. The number of thioether (sulfide) groups is 1. The first-order valence-electron chi connectivity index (χ1n) is 9.36. The van der Waals surface area contributed by atoms with Gasteiger partial charge in [-0.2, -0.15) is 0 Å². The lowest BCUT2D eigenvalue weighted by Crippen LogP contribution is -2.24. The fourth-order valence-electron chi connectivity index (χ4n) is 3.20. The van der Waals surface area contributed by atoms with E-state index < -0.39 is 0 Å². The number of halogens is 1. The van der Waals surface area contributed by atoms with E-state index in [4.69, 9.17) is 10.7 Å². The van der Waals surface area contributed by atoms with Crippen molar-refractivity contribution in [1.82, 2.24) is 24.8 Å². The standard InChI is InChI=1S/C19H23IN6S2/c1-11(2)22-5-3-6-26-18-16(17(21)23-10-24-18)25-19(26)28-15-8-12-4-7-27-14(12)9-13(15)20/h8-11,22H,3-7H2,1-2H3,(H2,21,23,24). The second-order valence-corrected chi connectivity index (χ2v) is 10.3. The zero-order valence-electron chi connectivity index (χ0n) is 15.9. The second-order valence-electron chi connectivity index (χ2n) is 7.03. The van der Waals surface area contributed by atoms with Crippen molar-refractivity contribution in [3.8, 4) is 0 Å². The molecule has 0 atom stereocenters. The molecule has 0 bridgehead atoms. The average molecular weight is 526 g/mol. The molecule has 0 unspecified atom stereocenters. The van der Waals surface area contributed by atoms with Gasteiger partial charge in [-0.15, -0.1) is 11.8 Å². The van der Waals surface area contributed by atoms with E-state index in [-0.39, 0.29) is 0 Å². The van der Waals surface area contributed by atoms with Gasteiger partial charge in [0.05, 0.1) is 0 Å². The molecule has 0 saturated heterocycles. The Kier molecular flexibility index (Phi) is 6.34. The van der Waals surface area contributed by atoms with Crippen molar-refractivity contribution in [3.05, 3.63) is 27.6 Å². The largest absolute Gasteiger partial charge is 0.382 e. The first-order valence-corrected chi connectivity index (χ1v) is 12.2. The Bertz CT molecular complexity index is 1000. The van der Waals surface area contributed by atoms with Crippen LogP contribution in [-0.4, -0.2) is 37.9 Å². The summed E-state index contributed by atoms with van der Waals surface area (Å²) in [7, 11) is 0. The molecule has 1 aliphatic rings. The summed E-state index contributed by atoms with van der Waals surface area (Å²) >= 11 is 6.07. The van der Waals surface area contributed by atoms with Crippen molar-refractivity contribution < 1.29 is 0 Å². The van der Waals surface area contributed by atoms with Crippen molar-refractivity contribution >= 4 is 63.1 Å². The van der Waals surface area contributed by atoms with E-state index in [0.717, 1.165) is 36.7 Å². The third-order valence-corrected chi connectivity index (χ3v) is 7.99. The van der Waals surface area contributed by atoms with Crippen LogP contribution in [-0.2, 0) is 13.0 Å². The molecule has 0 aliphatic carbocycles. The predicted molar refractivity (Wildman–Crippen MR) is 125 cm³/mol. The van der Waals surface area contributed by atoms with E-state index in [0.29, 0.717) is 17.4 Å². The molecule has 2 aromatic heterocycles. The Balaban J connectivity index is 1.66. The number of anilines is 1. The monoisotopic (exact) mass is 526 g/mol. The van der Waals surface area contributed by atoms with Crippen molar-refractivity contribution in [2.75, 3.05) is 18.0 Å². The number of nitrogens with two attached hydrogens (primary N) is 1. The molecule has 0 saturated carbocycles. The number of benzene rings is 1. The number of aromatic nitrogens is 4. The third kappa shape index (κ3) is 4.27. The van der Waals surface area contributed by atoms with Crippen molar-refractivity contribution in [2.24, 2.45) is 0 Å². The maximum absolute atomic E-state index is 6.08. The molecule has 3 heterocycles. The van der Waals surface area contributed by atoms with Gasteiger partial charge < -0.3 is 15.6 Å². The second kappa shape index (κ2) is 8.76. The van der Waals surface area contributed by atoms with Crippen molar-refractivity contribution in [1.29, 1.82) is 0 Å². The quantitative estimate of drug-likeness (QED) is 0.353. The summed E-state index contributed by atoms with van der Waals surface area (Å²) in [5.74, 6) is 1.61. The molecule has 28 heavy (non-hydrogen) atoms. The van der Waals surface area contributed by atoms with Gasteiger partial charge in [0.25, 0.3) is 0 Å². The molecular formula is C19H23IN6S2. The van der Waals surface area contributed by atoms with Gasteiger partial charge in [0.1, 0.15) is 6.33 Å². The Morgan fingerprint density at radius 1 is 1.36 bits per heavy atom. The minimum Gasteiger partial charge on any atom is -0.382 e. The van der Waals surface area contributed by atoms with Crippen molar-refractivity contribution in [3.63, 3.8) is 0 Å². The first kappa shape index (κ1) is 20.2. The van der Waals surface area contributed by atoms with Crippen LogP contribution in [0.1, 0.15) is 25.8 Å². The molecule has 0 spiro atoms. The van der Waals surface area contributed by atoms with Gasteiger partial charge >= 0.3 is 0 Å². The molecule has 0 radical (unpaired) electrons. The fraction of sp³-hybridized carbons (Fsp3) is 0.421. The Hall–Kier alpha value is -1.04. The van der Waals surface area contributed by atoms with Gasteiger partial charge in [-0.3, -0.25) is 0 Å². The SMILES string of the molecule is CC(C)NCCCn1c(Sc2cc3c(cc2I)SCC3)nc2c(N)ncnc21. The average Bonchev–Trinajstić information content (AvgIpc) is 3.24. The van der Waals surface area contributed by atoms with Crippen LogP contribution >= 0.6 is 46.1 Å². The van der Waals surface area contributed by atoms with Gasteiger partial charge in [-0.05, 0) is 59.7 Å². The number of hydrogen-bond donors (Lipinski definition) is 2. The molecule has 0 amide bonds. The smallest absolute Gasteiger partial charge is 0.175 e. The summed E-state index contributed by atoms with van der Waals surface area (Å²) in [5, 5.41) is 4.40.